The third kappa shape index (κ3) is 2.16. The van der Waals surface area contributed by atoms with Crippen molar-refractivity contribution in [3.63, 3.8) is 0 Å². The molecule has 1 aromatic carbocycles. The van der Waals surface area contributed by atoms with Crippen molar-refractivity contribution in [1.29, 1.82) is 0 Å². The van der Waals surface area contributed by atoms with Gasteiger partial charge < -0.3 is 10.1 Å². The number of morpholine rings is 1. The lowest BCUT2D eigenvalue weighted by atomic mass is 10.0. The molecule has 0 saturated carbocycles. The number of ether oxygens (including phenoxy) is 1. The van der Waals surface area contributed by atoms with Crippen molar-refractivity contribution in [3.8, 4) is 0 Å². The predicted molar refractivity (Wildman–Crippen MR) is 60.3 cm³/mol. The van der Waals surface area contributed by atoms with E-state index in [2.05, 4.69) is 52.4 Å². The van der Waals surface area contributed by atoms with Gasteiger partial charge in [-0.3, -0.25) is 0 Å². The van der Waals surface area contributed by atoms with Crippen molar-refractivity contribution < 1.29 is 4.74 Å². The Labute approximate surface area is 92.8 Å². The molecule has 1 fully saturated rings. The molecule has 3 heteroatoms. The second-order valence-corrected chi connectivity index (χ2v) is 4.47. The minimum Gasteiger partial charge on any atom is -0.375 e. The van der Waals surface area contributed by atoms with Gasteiger partial charge in [0.1, 0.15) is 0 Å². The molecule has 0 radical (unpaired) electrons. The Bertz CT molecular complexity index is 299. The zero-order valence-electron chi connectivity index (χ0n) is 8.16. The van der Waals surface area contributed by atoms with Crippen molar-refractivity contribution >= 4 is 15.9 Å². The van der Waals surface area contributed by atoms with E-state index in [1.54, 1.807) is 0 Å². The first-order valence-electron chi connectivity index (χ1n) is 4.88. The first-order chi connectivity index (χ1) is 6.77. The third-order valence-corrected chi connectivity index (χ3v) is 3.07. The fourth-order valence-electron chi connectivity index (χ4n) is 1.78. The normalized spacial score (nSPS) is 27.6. The van der Waals surface area contributed by atoms with Crippen molar-refractivity contribution in [1.82, 2.24) is 5.32 Å². The van der Waals surface area contributed by atoms with Gasteiger partial charge in [-0.1, -0.05) is 28.1 Å². The smallest absolute Gasteiger partial charge is 0.0742 e. The van der Waals surface area contributed by atoms with E-state index in [9.17, 15) is 0 Å². The molecule has 1 aromatic rings. The Hall–Kier alpha value is -0.380. The molecule has 0 spiro atoms. The third-order valence-electron chi connectivity index (χ3n) is 2.55. The Kier molecular flexibility index (Phi) is 3.21. The van der Waals surface area contributed by atoms with Gasteiger partial charge in [0.15, 0.2) is 0 Å². The molecular weight excluding hydrogens is 242 g/mol. The highest BCUT2D eigenvalue weighted by Gasteiger charge is 2.22. The van der Waals surface area contributed by atoms with Crippen molar-refractivity contribution in [2.24, 2.45) is 0 Å². The maximum atomic E-state index is 5.60. The summed E-state index contributed by atoms with van der Waals surface area (Å²) >= 11 is 3.43. The topological polar surface area (TPSA) is 21.3 Å². The monoisotopic (exact) mass is 255 g/mol. The van der Waals surface area contributed by atoms with Crippen molar-refractivity contribution in [2.75, 3.05) is 13.2 Å². The molecule has 1 aliphatic rings. The van der Waals surface area contributed by atoms with E-state index in [4.69, 9.17) is 4.74 Å². The number of hydrogen-bond donors (Lipinski definition) is 1. The fourth-order valence-corrected chi connectivity index (χ4v) is 2.04. The van der Waals surface area contributed by atoms with E-state index in [-0.39, 0.29) is 6.10 Å². The highest BCUT2D eigenvalue weighted by molar-refractivity contribution is 9.10. The van der Waals surface area contributed by atoms with Crippen LogP contribution in [0, 0.1) is 0 Å². The van der Waals surface area contributed by atoms with Gasteiger partial charge in [-0.2, -0.15) is 0 Å². The Balaban J connectivity index is 2.16. The lowest BCUT2D eigenvalue weighted by Gasteiger charge is -2.30. The predicted octanol–water partition coefficient (Wildman–Crippen LogP) is 2.50. The molecule has 0 bridgehead atoms. The van der Waals surface area contributed by atoms with Crippen molar-refractivity contribution in [3.05, 3.63) is 34.3 Å². The number of nitrogens with one attached hydrogen (secondary N) is 1. The molecule has 0 aromatic heterocycles. The van der Waals surface area contributed by atoms with Gasteiger partial charge in [0.25, 0.3) is 0 Å². The maximum Gasteiger partial charge on any atom is 0.0742 e. The van der Waals surface area contributed by atoms with Gasteiger partial charge in [-0.25, -0.2) is 0 Å². The zero-order chi connectivity index (χ0) is 9.97. The second kappa shape index (κ2) is 4.43. The van der Waals surface area contributed by atoms with Crippen LogP contribution in [0.5, 0.6) is 0 Å². The number of benzene rings is 1. The van der Waals surface area contributed by atoms with Crippen LogP contribution in [0.2, 0.25) is 0 Å². The first kappa shape index (κ1) is 10.1. The quantitative estimate of drug-likeness (QED) is 0.833. The summed E-state index contributed by atoms with van der Waals surface area (Å²) in [6, 6.07) is 8.73. The molecule has 1 N–H and O–H groups in total. The van der Waals surface area contributed by atoms with E-state index in [0.717, 1.165) is 17.6 Å². The summed E-state index contributed by atoms with van der Waals surface area (Å²) in [6.07, 6.45) is 0.255. The minimum atomic E-state index is 0.255. The van der Waals surface area contributed by atoms with Crippen LogP contribution in [-0.2, 0) is 4.74 Å². The summed E-state index contributed by atoms with van der Waals surface area (Å²) in [6.45, 7) is 3.86. The summed E-state index contributed by atoms with van der Waals surface area (Å²) in [5, 5.41) is 3.46. The van der Waals surface area contributed by atoms with Gasteiger partial charge in [-0.15, -0.1) is 0 Å². The van der Waals surface area contributed by atoms with Gasteiger partial charge in [0.05, 0.1) is 18.8 Å². The average molecular weight is 256 g/mol. The first-order valence-corrected chi connectivity index (χ1v) is 5.67. The Morgan fingerprint density at radius 3 is 2.71 bits per heavy atom. The summed E-state index contributed by atoms with van der Waals surface area (Å²) in [5.41, 5.74) is 1.29. The van der Waals surface area contributed by atoms with E-state index >= 15 is 0 Å². The van der Waals surface area contributed by atoms with Crippen LogP contribution in [0.1, 0.15) is 18.5 Å². The lowest BCUT2D eigenvalue weighted by molar-refractivity contribution is 0.00756. The molecule has 14 heavy (non-hydrogen) atoms. The van der Waals surface area contributed by atoms with Crippen LogP contribution in [0.25, 0.3) is 0 Å². The average Bonchev–Trinajstić information content (AvgIpc) is 2.20. The van der Waals surface area contributed by atoms with E-state index in [1.807, 2.05) is 0 Å². The molecule has 2 unspecified atom stereocenters. The number of hydrogen-bond acceptors (Lipinski definition) is 2. The Morgan fingerprint density at radius 1 is 1.36 bits per heavy atom. The molecule has 1 heterocycles. The highest BCUT2D eigenvalue weighted by Crippen LogP contribution is 2.23. The van der Waals surface area contributed by atoms with E-state index in [1.165, 1.54) is 5.56 Å². The maximum absolute atomic E-state index is 5.60. The molecular formula is C11H14BrNO. The molecule has 2 nitrogen and oxygen atoms in total. The molecule has 2 rings (SSSR count). The summed E-state index contributed by atoms with van der Waals surface area (Å²) in [7, 11) is 0. The summed E-state index contributed by atoms with van der Waals surface area (Å²) in [4.78, 5) is 0. The molecule has 76 valence electrons. The van der Waals surface area contributed by atoms with Crippen LogP contribution in [-0.4, -0.2) is 19.3 Å². The standard InChI is InChI=1S/C11H14BrNO/c1-8-11(13-6-7-14-8)9-2-4-10(12)5-3-9/h2-5,8,11,13H,6-7H2,1H3. The van der Waals surface area contributed by atoms with Crippen LogP contribution < -0.4 is 5.32 Å². The van der Waals surface area contributed by atoms with Crippen LogP contribution >= 0.6 is 15.9 Å². The van der Waals surface area contributed by atoms with Gasteiger partial charge in [-0.05, 0) is 24.6 Å². The zero-order valence-corrected chi connectivity index (χ0v) is 9.75. The lowest BCUT2D eigenvalue weighted by Crippen LogP contribution is -2.40. The molecule has 0 aliphatic carbocycles. The van der Waals surface area contributed by atoms with Crippen LogP contribution in [0.3, 0.4) is 0 Å². The van der Waals surface area contributed by atoms with Gasteiger partial charge >= 0.3 is 0 Å². The van der Waals surface area contributed by atoms with E-state index in [0.29, 0.717) is 6.04 Å². The SMILES string of the molecule is CC1OCCNC1c1ccc(Br)cc1. The minimum absolute atomic E-state index is 0.255. The van der Waals surface area contributed by atoms with Crippen LogP contribution in [0.4, 0.5) is 0 Å². The van der Waals surface area contributed by atoms with E-state index < -0.39 is 0 Å². The van der Waals surface area contributed by atoms with Gasteiger partial charge in [0.2, 0.25) is 0 Å². The summed E-state index contributed by atoms with van der Waals surface area (Å²) < 4.78 is 6.72. The second-order valence-electron chi connectivity index (χ2n) is 3.56. The fraction of sp³-hybridized carbons (Fsp3) is 0.455. The summed E-state index contributed by atoms with van der Waals surface area (Å²) in [5.74, 6) is 0. The highest BCUT2D eigenvalue weighted by atomic mass is 79.9. The van der Waals surface area contributed by atoms with Gasteiger partial charge in [0, 0.05) is 11.0 Å². The van der Waals surface area contributed by atoms with Crippen molar-refractivity contribution in [2.45, 2.75) is 19.1 Å². The molecule has 0 amide bonds. The van der Waals surface area contributed by atoms with Crippen LogP contribution in [0.15, 0.2) is 28.7 Å². The number of halogens is 1. The molecule has 1 saturated heterocycles. The Morgan fingerprint density at radius 2 is 2.07 bits per heavy atom. The molecule has 2 atom stereocenters. The number of rotatable bonds is 1. The molecule has 1 aliphatic heterocycles. The largest absolute Gasteiger partial charge is 0.375 e.